The van der Waals surface area contributed by atoms with Crippen LogP contribution in [0.5, 0.6) is 0 Å². The molecular formula is C9H11FN2. The second-order valence-electron chi connectivity index (χ2n) is 2.54. The lowest BCUT2D eigenvalue weighted by Gasteiger charge is -2.06. The first-order chi connectivity index (χ1) is 5.65. The number of rotatable bonds is 2. The fourth-order valence-corrected chi connectivity index (χ4v) is 0.887. The lowest BCUT2D eigenvalue weighted by Crippen LogP contribution is -2.07. The van der Waals surface area contributed by atoms with E-state index in [4.69, 9.17) is 11.5 Å². The second kappa shape index (κ2) is 3.36. The van der Waals surface area contributed by atoms with Gasteiger partial charge in [0.2, 0.25) is 0 Å². The Bertz CT molecular complexity index is 297. The SMILES string of the molecule is C=CC(N)c1ccc(N)c(F)c1. The Morgan fingerprint density at radius 2 is 2.17 bits per heavy atom. The summed E-state index contributed by atoms with van der Waals surface area (Å²) >= 11 is 0. The molecule has 0 heterocycles. The maximum absolute atomic E-state index is 12.9. The van der Waals surface area contributed by atoms with Gasteiger partial charge in [-0.15, -0.1) is 6.58 Å². The molecule has 0 radical (unpaired) electrons. The van der Waals surface area contributed by atoms with E-state index < -0.39 is 5.82 Å². The van der Waals surface area contributed by atoms with Gasteiger partial charge >= 0.3 is 0 Å². The average Bonchev–Trinajstić information content (AvgIpc) is 2.08. The maximum Gasteiger partial charge on any atom is 0.146 e. The summed E-state index contributed by atoms with van der Waals surface area (Å²) in [5, 5.41) is 0. The summed E-state index contributed by atoms with van der Waals surface area (Å²) in [6, 6.07) is 4.17. The van der Waals surface area contributed by atoms with Gasteiger partial charge in [-0.2, -0.15) is 0 Å². The lowest BCUT2D eigenvalue weighted by molar-refractivity contribution is 0.629. The molecule has 0 aliphatic rings. The standard InChI is InChI=1S/C9H11FN2/c1-2-8(11)6-3-4-9(12)7(10)5-6/h2-5,8H,1,11-12H2. The summed E-state index contributed by atoms with van der Waals surface area (Å²) in [7, 11) is 0. The molecule has 0 aromatic heterocycles. The van der Waals surface area contributed by atoms with Gasteiger partial charge in [-0.3, -0.25) is 0 Å². The van der Waals surface area contributed by atoms with Gasteiger partial charge in [0.25, 0.3) is 0 Å². The van der Waals surface area contributed by atoms with Gasteiger partial charge in [-0.25, -0.2) is 4.39 Å². The third-order valence-electron chi connectivity index (χ3n) is 1.66. The third kappa shape index (κ3) is 1.62. The van der Waals surface area contributed by atoms with Crippen molar-refractivity contribution in [3.05, 3.63) is 42.2 Å². The Morgan fingerprint density at radius 3 is 2.67 bits per heavy atom. The Labute approximate surface area is 70.7 Å². The number of benzene rings is 1. The summed E-state index contributed by atoms with van der Waals surface area (Å²) in [4.78, 5) is 0. The molecule has 2 nitrogen and oxygen atoms in total. The second-order valence-corrected chi connectivity index (χ2v) is 2.54. The highest BCUT2D eigenvalue weighted by Crippen LogP contribution is 2.16. The van der Waals surface area contributed by atoms with E-state index in [2.05, 4.69) is 6.58 Å². The Kier molecular flexibility index (Phi) is 2.45. The van der Waals surface area contributed by atoms with Gasteiger partial charge in [-0.1, -0.05) is 12.1 Å². The van der Waals surface area contributed by atoms with Crippen LogP contribution in [0.15, 0.2) is 30.9 Å². The van der Waals surface area contributed by atoms with Crippen LogP contribution in [0.25, 0.3) is 0 Å². The zero-order valence-corrected chi connectivity index (χ0v) is 6.63. The van der Waals surface area contributed by atoms with E-state index >= 15 is 0 Å². The van der Waals surface area contributed by atoms with Crippen LogP contribution in [-0.2, 0) is 0 Å². The molecule has 0 amide bonds. The predicted octanol–water partition coefficient (Wildman–Crippen LogP) is 1.59. The molecule has 0 spiro atoms. The van der Waals surface area contributed by atoms with Crippen molar-refractivity contribution in [2.45, 2.75) is 6.04 Å². The van der Waals surface area contributed by atoms with Crippen LogP contribution >= 0.6 is 0 Å². The van der Waals surface area contributed by atoms with Crippen molar-refractivity contribution in [1.29, 1.82) is 0 Å². The molecule has 0 aliphatic heterocycles. The van der Waals surface area contributed by atoms with Crippen molar-refractivity contribution in [2.75, 3.05) is 5.73 Å². The van der Waals surface area contributed by atoms with Crippen molar-refractivity contribution in [3.63, 3.8) is 0 Å². The number of nitrogens with two attached hydrogens (primary N) is 2. The van der Waals surface area contributed by atoms with Crippen LogP contribution in [0.3, 0.4) is 0 Å². The highest BCUT2D eigenvalue weighted by molar-refractivity contribution is 5.42. The van der Waals surface area contributed by atoms with E-state index in [-0.39, 0.29) is 11.7 Å². The molecule has 0 bridgehead atoms. The number of nitrogen functional groups attached to an aromatic ring is 1. The highest BCUT2D eigenvalue weighted by Gasteiger charge is 2.03. The molecule has 0 saturated carbocycles. The predicted molar refractivity (Wildman–Crippen MR) is 47.9 cm³/mol. The zero-order chi connectivity index (χ0) is 9.14. The highest BCUT2D eigenvalue weighted by atomic mass is 19.1. The zero-order valence-electron chi connectivity index (χ0n) is 6.63. The van der Waals surface area contributed by atoms with E-state index in [0.29, 0.717) is 5.56 Å². The first-order valence-corrected chi connectivity index (χ1v) is 3.58. The van der Waals surface area contributed by atoms with Crippen LogP contribution in [0, 0.1) is 5.82 Å². The summed E-state index contributed by atoms with van der Waals surface area (Å²) in [6.07, 6.45) is 1.55. The molecule has 1 atom stereocenters. The summed E-state index contributed by atoms with van der Waals surface area (Å²) in [5.41, 5.74) is 11.7. The normalized spacial score (nSPS) is 12.5. The first-order valence-electron chi connectivity index (χ1n) is 3.58. The largest absolute Gasteiger partial charge is 0.396 e. The summed E-state index contributed by atoms with van der Waals surface area (Å²) in [6.45, 7) is 3.51. The molecule has 12 heavy (non-hydrogen) atoms. The minimum Gasteiger partial charge on any atom is -0.396 e. The minimum atomic E-state index is -0.440. The van der Waals surface area contributed by atoms with Crippen molar-refractivity contribution < 1.29 is 4.39 Å². The number of halogens is 1. The van der Waals surface area contributed by atoms with Gasteiger partial charge in [0, 0.05) is 6.04 Å². The van der Waals surface area contributed by atoms with Gasteiger partial charge in [0.05, 0.1) is 5.69 Å². The monoisotopic (exact) mass is 166 g/mol. The van der Waals surface area contributed by atoms with E-state index in [1.165, 1.54) is 12.1 Å². The molecule has 0 fully saturated rings. The Hall–Kier alpha value is -1.35. The smallest absolute Gasteiger partial charge is 0.146 e. The van der Waals surface area contributed by atoms with Crippen molar-refractivity contribution >= 4 is 5.69 Å². The first kappa shape index (κ1) is 8.74. The fourth-order valence-electron chi connectivity index (χ4n) is 0.887. The molecule has 4 N–H and O–H groups in total. The molecule has 0 aliphatic carbocycles. The van der Waals surface area contributed by atoms with Crippen LogP contribution in [0.4, 0.5) is 10.1 Å². The molecule has 3 heteroatoms. The number of hydrogen-bond donors (Lipinski definition) is 2. The molecule has 1 aromatic rings. The summed E-state index contributed by atoms with van der Waals surface area (Å²) < 4.78 is 12.9. The quantitative estimate of drug-likeness (QED) is 0.518. The van der Waals surface area contributed by atoms with E-state index in [9.17, 15) is 4.39 Å². The van der Waals surface area contributed by atoms with Crippen LogP contribution in [0.2, 0.25) is 0 Å². The lowest BCUT2D eigenvalue weighted by atomic mass is 10.1. The van der Waals surface area contributed by atoms with Crippen LogP contribution < -0.4 is 11.5 Å². The Balaban J connectivity index is 3.04. The number of hydrogen-bond acceptors (Lipinski definition) is 2. The van der Waals surface area contributed by atoms with E-state index in [1.807, 2.05) is 0 Å². The van der Waals surface area contributed by atoms with Crippen molar-refractivity contribution in [3.8, 4) is 0 Å². The van der Waals surface area contributed by atoms with Gasteiger partial charge in [0.1, 0.15) is 5.82 Å². The maximum atomic E-state index is 12.9. The van der Waals surface area contributed by atoms with E-state index in [0.717, 1.165) is 0 Å². The third-order valence-corrected chi connectivity index (χ3v) is 1.66. The molecule has 1 unspecified atom stereocenters. The molecule has 0 saturated heterocycles. The van der Waals surface area contributed by atoms with Gasteiger partial charge < -0.3 is 11.5 Å². The molecule has 1 aromatic carbocycles. The molecule has 1 rings (SSSR count). The molecule has 64 valence electrons. The van der Waals surface area contributed by atoms with Crippen molar-refractivity contribution in [1.82, 2.24) is 0 Å². The fraction of sp³-hybridized carbons (Fsp3) is 0.111. The van der Waals surface area contributed by atoms with Crippen LogP contribution in [-0.4, -0.2) is 0 Å². The average molecular weight is 166 g/mol. The minimum absolute atomic E-state index is 0.134. The van der Waals surface area contributed by atoms with Crippen LogP contribution in [0.1, 0.15) is 11.6 Å². The van der Waals surface area contributed by atoms with Gasteiger partial charge in [-0.05, 0) is 17.7 Å². The van der Waals surface area contributed by atoms with E-state index in [1.54, 1.807) is 12.1 Å². The Morgan fingerprint density at radius 1 is 1.50 bits per heavy atom. The molecular weight excluding hydrogens is 155 g/mol. The summed E-state index contributed by atoms with van der Waals surface area (Å²) in [5.74, 6) is -0.440. The number of anilines is 1. The topological polar surface area (TPSA) is 52.0 Å². The van der Waals surface area contributed by atoms with Crippen molar-refractivity contribution in [2.24, 2.45) is 5.73 Å². The van der Waals surface area contributed by atoms with Gasteiger partial charge in [0.15, 0.2) is 0 Å².